The van der Waals surface area contributed by atoms with Crippen LogP contribution in [0.15, 0.2) is 61.1 Å². The van der Waals surface area contributed by atoms with Gasteiger partial charge in [-0.15, -0.1) is 0 Å². The van der Waals surface area contributed by atoms with Crippen LogP contribution in [0, 0.1) is 5.92 Å². The van der Waals surface area contributed by atoms with E-state index in [4.69, 9.17) is 5.73 Å². The first-order valence-electron chi connectivity index (χ1n) is 13.9. The summed E-state index contributed by atoms with van der Waals surface area (Å²) in [6.45, 7) is 3.50. The number of carboxylic acids is 1. The number of carboxylic acid groups (broad SMARTS) is 1. The van der Waals surface area contributed by atoms with E-state index in [0.29, 0.717) is 23.2 Å². The number of phenols is 2. The topological polar surface area (TPSA) is 220 Å². The van der Waals surface area contributed by atoms with Gasteiger partial charge in [0.25, 0.3) is 0 Å². The molecular weight excluding hydrogens is 556 g/mol. The molecule has 0 fully saturated rings. The number of aromatic amines is 1. The molecule has 1 aromatic heterocycles. The van der Waals surface area contributed by atoms with Crippen LogP contribution >= 0.6 is 0 Å². The smallest absolute Gasteiger partial charge is 0.326 e. The zero-order chi connectivity index (χ0) is 31.5. The highest BCUT2D eigenvalue weighted by molar-refractivity contribution is 5.94. The highest BCUT2D eigenvalue weighted by Gasteiger charge is 2.32. The van der Waals surface area contributed by atoms with E-state index in [2.05, 4.69) is 25.9 Å². The molecule has 3 amide bonds. The zero-order valence-electron chi connectivity index (χ0n) is 24.0. The molecule has 3 aromatic rings. The van der Waals surface area contributed by atoms with E-state index in [9.17, 15) is 34.5 Å². The number of imidazole rings is 1. The number of amides is 3. The number of aliphatic carboxylic acids is 1. The van der Waals surface area contributed by atoms with Crippen molar-refractivity contribution < 1.29 is 34.5 Å². The second-order valence-corrected chi connectivity index (χ2v) is 10.5. The number of aromatic nitrogens is 2. The minimum absolute atomic E-state index is 0.00166. The van der Waals surface area contributed by atoms with Crippen molar-refractivity contribution in [2.24, 2.45) is 11.7 Å². The summed E-state index contributed by atoms with van der Waals surface area (Å²) in [6.07, 6.45) is 3.53. The largest absolute Gasteiger partial charge is 0.508 e. The maximum absolute atomic E-state index is 13.6. The quantitative estimate of drug-likeness (QED) is 0.124. The Morgan fingerprint density at radius 2 is 1.33 bits per heavy atom. The van der Waals surface area contributed by atoms with Crippen LogP contribution in [-0.4, -0.2) is 73.1 Å². The number of nitrogens with zero attached hydrogens (tertiary/aromatic N) is 1. The number of rotatable bonds is 15. The summed E-state index contributed by atoms with van der Waals surface area (Å²) in [5.74, 6) is -3.53. The Kier molecular flexibility index (Phi) is 11.6. The number of H-pyrrole nitrogens is 1. The number of benzene rings is 2. The SMILES string of the molecule is CCC(C)C(NC(=O)C(Cc1ccc(O)cc1)NC(=O)C(Cc1cnc[nH]1)NC(=O)C(N)Cc1ccc(O)cc1)C(=O)O. The Morgan fingerprint density at radius 1 is 0.814 bits per heavy atom. The number of phenolic OH excluding ortho intramolecular Hbond substituents is 2. The van der Waals surface area contributed by atoms with Gasteiger partial charge in [-0.1, -0.05) is 44.5 Å². The van der Waals surface area contributed by atoms with E-state index in [-0.39, 0.29) is 36.7 Å². The Bertz CT molecular complexity index is 1360. The van der Waals surface area contributed by atoms with Gasteiger partial charge in [-0.25, -0.2) is 9.78 Å². The third-order valence-electron chi connectivity index (χ3n) is 7.13. The lowest BCUT2D eigenvalue weighted by molar-refractivity contribution is -0.143. The van der Waals surface area contributed by atoms with Crippen LogP contribution in [0.5, 0.6) is 11.5 Å². The molecule has 0 saturated carbocycles. The highest BCUT2D eigenvalue weighted by atomic mass is 16.4. The van der Waals surface area contributed by atoms with E-state index in [1.54, 1.807) is 38.1 Å². The van der Waals surface area contributed by atoms with Crippen LogP contribution in [0.4, 0.5) is 0 Å². The zero-order valence-corrected chi connectivity index (χ0v) is 24.0. The van der Waals surface area contributed by atoms with Gasteiger partial charge in [0.2, 0.25) is 17.7 Å². The van der Waals surface area contributed by atoms with Gasteiger partial charge in [0, 0.05) is 24.7 Å². The summed E-state index contributed by atoms with van der Waals surface area (Å²) in [6, 6.07) is 7.65. The summed E-state index contributed by atoms with van der Waals surface area (Å²) in [5, 5.41) is 36.7. The van der Waals surface area contributed by atoms with Crippen molar-refractivity contribution in [2.75, 3.05) is 0 Å². The number of nitrogens with one attached hydrogen (secondary N) is 4. The summed E-state index contributed by atoms with van der Waals surface area (Å²) < 4.78 is 0. The molecule has 3 rings (SSSR count). The molecule has 230 valence electrons. The van der Waals surface area contributed by atoms with Gasteiger partial charge in [0.1, 0.15) is 29.6 Å². The minimum atomic E-state index is -1.21. The Labute approximate surface area is 248 Å². The van der Waals surface area contributed by atoms with E-state index in [1.807, 2.05) is 0 Å². The first kappa shape index (κ1) is 32.6. The number of hydrogen-bond acceptors (Lipinski definition) is 8. The predicted molar refractivity (Wildman–Crippen MR) is 157 cm³/mol. The molecule has 0 radical (unpaired) electrons. The summed E-state index contributed by atoms with van der Waals surface area (Å²) in [7, 11) is 0. The molecule has 5 unspecified atom stereocenters. The van der Waals surface area contributed by atoms with Crippen molar-refractivity contribution in [3.05, 3.63) is 77.9 Å². The third kappa shape index (κ3) is 9.85. The van der Waals surface area contributed by atoms with Crippen molar-refractivity contribution in [3.8, 4) is 11.5 Å². The molecule has 0 saturated heterocycles. The molecule has 43 heavy (non-hydrogen) atoms. The number of hydrogen-bond donors (Lipinski definition) is 8. The molecule has 2 aromatic carbocycles. The number of nitrogens with two attached hydrogens (primary N) is 1. The first-order chi connectivity index (χ1) is 20.5. The summed E-state index contributed by atoms with van der Waals surface area (Å²) >= 11 is 0. The van der Waals surface area contributed by atoms with Crippen LogP contribution in [-0.2, 0) is 38.4 Å². The molecule has 5 atom stereocenters. The molecule has 13 heteroatoms. The summed E-state index contributed by atoms with van der Waals surface area (Å²) in [5.41, 5.74) is 7.97. The first-order valence-corrected chi connectivity index (χ1v) is 13.9. The molecular formula is C30H38N6O7. The minimum Gasteiger partial charge on any atom is -0.508 e. The molecule has 13 nitrogen and oxygen atoms in total. The number of carbonyl (C=O) groups is 4. The fraction of sp³-hybridized carbons (Fsp3) is 0.367. The fourth-order valence-electron chi connectivity index (χ4n) is 4.37. The van der Waals surface area contributed by atoms with Crippen molar-refractivity contribution in [1.29, 1.82) is 0 Å². The third-order valence-corrected chi connectivity index (χ3v) is 7.13. The summed E-state index contributed by atoms with van der Waals surface area (Å²) in [4.78, 5) is 58.8. The highest BCUT2D eigenvalue weighted by Crippen LogP contribution is 2.14. The predicted octanol–water partition coefficient (Wildman–Crippen LogP) is 0.761. The monoisotopic (exact) mass is 594 g/mol. The fourth-order valence-corrected chi connectivity index (χ4v) is 4.37. The molecule has 1 heterocycles. The van der Waals surface area contributed by atoms with Crippen molar-refractivity contribution >= 4 is 23.7 Å². The number of aromatic hydroxyl groups is 2. The van der Waals surface area contributed by atoms with Gasteiger partial charge in [-0.2, -0.15) is 0 Å². The lowest BCUT2D eigenvalue weighted by Gasteiger charge is -2.26. The Balaban J connectivity index is 1.82. The molecule has 0 bridgehead atoms. The Hall–Kier alpha value is -4.91. The molecule has 0 aliphatic heterocycles. The molecule has 0 spiro atoms. The lowest BCUT2D eigenvalue weighted by Crippen LogP contribution is -2.58. The van der Waals surface area contributed by atoms with Gasteiger partial charge in [-0.3, -0.25) is 14.4 Å². The van der Waals surface area contributed by atoms with Crippen LogP contribution in [0.3, 0.4) is 0 Å². The maximum atomic E-state index is 13.6. The van der Waals surface area contributed by atoms with E-state index in [1.165, 1.54) is 36.8 Å². The van der Waals surface area contributed by atoms with Gasteiger partial charge < -0.3 is 42.0 Å². The van der Waals surface area contributed by atoms with Gasteiger partial charge in [-0.05, 0) is 47.7 Å². The van der Waals surface area contributed by atoms with Crippen molar-refractivity contribution in [2.45, 2.75) is 63.7 Å². The van der Waals surface area contributed by atoms with E-state index >= 15 is 0 Å². The lowest BCUT2D eigenvalue weighted by atomic mass is 9.98. The number of carbonyl (C=O) groups excluding carboxylic acids is 3. The average Bonchev–Trinajstić information content (AvgIpc) is 3.50. The average molecular weight is 595 g/mol. The van der Waals surface area contributed by atoms with Crippen LogP contribution < -0.4 is 21.7 Å². The van der Waals surface area contributed by atoms with Crippen LogP contribution in [0.25, 0.3) is 0 Å². The molecule has 0 aliphatic carbocycles. The van der Waals surface area contributed by atoms with Gasteiger partial charge in [0.05, 0.1) is 12.4 Å². The maximum Gasteiger partial charge on any atom is 0.326 e. The van der Waals surface area contributed by atoms with Crippen LogP contribution in [0.1, 0.15) is 37.1 Å². The van der Waals surface area contributed by atoms with E-state index in [0.717, 1.165) is 0 Å². The van der Waals surface area contributed by atoms with Gasteiger partial charge >= 0.3 is 5.97 Å². The van der Waals surface area contributed by atoms with E-state index < -0.39 is 47.9 Å². The second-order valence-electron chi connectivity index (χ2n) is 10.5. The Morgan fingerprint density at radius 3 is 1.84 bits per heavy atom. The molecule has 9 N–H and O–H groups in total. The molecule has 0 aliphatic rings. The van der Waals surface area contributed by atoms with Crippen molar-refractivity contribution in [1.82, 2.24) is 25.9 Å². The van der Waals surface area contributed by atoms with Crippen LogP contribution in [0.2, 0.25) is 0 Å². The van der Waals surface area contributed by atoms with Crippen molar-refractivity contribution in [3.63, 3.8) is 0 Å². The second kappa shape index (κ2) is 15.4. The van der Waals surface area contributed by atoms with Gasteiger partial charge in [0.15, 0.2) is 0 Å². The normalized spacial score (nSPS) is 14.5. The standard InChI is InChI=1S/C30H38N6O7/c1-3-17(2)26(30(42)43)36-29(41)24(13-19-6-10-22(38)11-7-19)35-28(40)25(14-20-15-32-16-33-20)34-27(39)23(31)12-18-4-8-21(37)9-5-18/h4-11,15-17,23-26,37-38H,3,12-14,31H2,1-2H3,(H,32,33)(H,34,39)(H,35,40)(H,36,41)(H,42,43).